The molecule has 1 aromatic rings. The minimum Gasteiger partial charge on any atom is -0.497 e. The standard InChI is InChI=1S/C11H15ClO3S/c1-8-6-10(15-3)7-9(2)11(8)4-5-16(12,13)14/h6-7H,4-5H2,1-3H3. The molecular formula is C11H15ClO3S. The Balaban J connectivity index is 2.97. The van der Waals surface area contributed by atoms with Gasteiger partial charge in [-0.1, -0.05) is 0 Å². The van der Waals surface area contributed by atoms with Crippen LogP contribution in [0.3, 0.4) is 0 Å². The number of halogens is 1. The second-order valence-corrected chi connectivity index (χ2v) is 6.63. The molecule has 0 saturated heterocycles. The third-order valence-electron chi connectivity index (χ3n) is 2.50. The van der Waals surface area contributed by atoms with E-state index in [4.69, 9.17) is 15.4 Å². The van der Waals surface area contributed by atoms with Crippen molar-refractivity contribution in [3.05, 3.63) is 28.8 Å². The molecule has 0 aliphatic rings. The van der Waals surface area contributed by atoms with Gasteiger partial charge in [-0.25, -0.2) is 8.42 Å². The van der Waals surface area contributed by atoms with E-state index in [0.717, 1.165) is 22.4 Å². The number of hydrogen-bond donors (Lipinski definition) is 0. The summed E-state index contributed by atoms with van der Waals surface area (Å²) in [6.45, 7) is 3.87. The number of hydrogen-bond acceptors (Lipinski definition) is 3. The zero-order chi connectivity index (χ0) is 12.3. The van der Waals surface area contributed by atoms with Gasteiger partial charge in [-0.05, 0) is 49.1 Å². The van der Waals surface area contributed by atoms with Gasteiger partial charge in [0.25, 0.3) is 0 Å². The van der Waals surface area contributed by atoms with Gasteiger partial charge in [0.2, 0.25) is 9.05 Å². The molecule has 16 heavy (non-hydrogen) atoms. The Morgan fingerprint density at radius 3 is 2.12 bits per heavy atom. The summed E-state index contributed by atoms with van der Waals surface area (Å²) in [5.41, 5.74) is 3.07. The Morgan fingerprint density at radius 1 is 1.25 bits per heavy atom. The highest BCUT2D eigenvalue weighted by atomic mass is 35.7. The maximum Gasteiger partial charge on any atom is 0.232 e. The smallest absolute Gasteiger partial charge is 0.232 e. The van der Waals surface area contributed by atoms with Crippen molar-refractivity contribution < 1.29 is 13.2 Å². The molecule has 0 radical (unpaired) electrons. The number of ether oxygens (including phenoxy) is 1. The molecule has 90 valence electrons. The van der Waals surface area contributed by atoms with E-state index < -0.39 is 9.05 Å². The predicted molar refractivity (Wildman–Crippen MR) is 65.8 cm³/mol. The van der Waals surface area contributed by atoms with E-state index in [2.05, 4.69) is 0 Å². The van der Waals surface area contributed by atoms with Crippen LogP contribution < -0.4 is 4.74 Å². The Kier molecular flexibility index (Phi) is 4.21. The lowest BCUT2D eigenvalue weighted by molar-refractivity contribution is 0.414. The Hall–Kier alpha value is -0.740. The SMILES string of the molecule is COc1cc(C)c(CCS(=O)(=O)Cl)c(C)c1. The molecule has 0 heterocycles. The number of aryl methyl sites for hydroxylation is 2. The van der Waals surface area contributed by atoms with Crippen LogP contribution in [0.25, 0.3) is 0 Å². The molecular weight excluding hydrogens is 248 g/mol. The lowest BCUT2D eigenvalue weighted by Gasteiger charge is -2.11. The van der Waals surface area contributed by atoms with E-state index in [9.17, 15) is 8.42 Å². The Labute approximate surface area is 101 Å². The van der Waals surface area contributed by atoms with Gasteiger partial charge in [0.05, 0.1) is 12.9 Å². The number of rotatable bonds is 4. The highest BCUT2D eigenvalue weighted by molar-refractivity contribution is 8.13. The van der Waals surface area contributed by atoms with Gasteiger partial charge < -0.3 is 4.74 Å². The topological polar surface area (TPSA) is 43.4 Å². The van der Waals surface area contributed by atoms with Gasteiger partial charge in [-0.15, -0.1) is 0 Å². The number of benzene rings is 1. The van der Waals surface area contributed by atoms with E-state index in [0.29, 0.717) is 6.42 Å². The Morgan fingerprint density at radius 2 is 1.75 bits per heavy atom. The Bertz CT molecular complexity index is 457. The van der Waals surface area contributed by atoms with Crippen LogP contribution in [0.1, 0.15) is 16.7 Å². The van der Waals surface area contributed by atoms with E-state index in [1.54, 1.807) is 7.11 Å². The van der Waals surface area contributed by atoms with Gasteiger partial charge >= 0.3 is 0 Å². The summed E-state index contributed by atoms with van der Waals surface area (Å²) in [4.78, 5) is 0. The lowest BCUT2D eigenvalue weighted by atomic mass is 10.0. The van der Waals surface area contributed by atoms with Crippen LogP contribution in [-0.2, 0) is 15.5 Å². The monoisotopic (exact) mass is 262 g/mol. The van der Waals surface area contributed by atoms with Gasteiger partial charge in [0.1, 0.15) is 5.75 Å². The molecule has 0 spiro atoms. The number of methoxy groups -OCH3 is 1. The van der Waals surface area contributed by atoms with Crippen molar-refractivity contribution in [2.45, 2.75) is 20.3 Å². The molecule has 0 N–H and O–H groups in total. The van der Waals surface area contributed by atoms with Crippen molar-refractivity contribution in [3.8, 4) is 5.75 Å². The third-order valence-corrected chi connectivity index (χ3v) is 3.66. The van der Waals surface area contributed by atoms with Crippen LogP contribution >= 0.6 is 10.7 Å². The second kappa shape index (κ2) is 5.06. The van der Waals surface area contributed by atoms with Crippen LogP contribution in [0.5, 0.6) is 5.75 Å². The first-order valence-corrected chi connectivity index (χ1v) is 7.38. The summed E-state index contributed by atoms with van der Waals surface area (Å²) in [5, 5.41) is 0. The summed E-state index contributed by atoms with van der Waals surface area (Å²) in [7, 11) is 3.37. The van der Waals surface area contributed by atoms with Crippen LogP contribution in [-0.4, -0.2) is 21.3 Å². The zero-order valence-electron chi connectivity index (χ0n) is 9.58. The first-order valence-electron chi connectivity index (χ1n) is 4.90. The van der Waals surface area contributed by atoms with E-state index in [1.807, 2.05) is 26.0 Å². The molecule has 0 unspecified atom stereocenters. The first-order chi connectivity index (χ1) is 7.33. The average molecular weight is 263 g/mol. The van der Waals surface area contributed by atoms with Crippen molar-refractivity contribution in [1.82, 2.24) is 0 Å². The highest BCUT2D eigenvalue weighted by Gasteiger charge is 2.10. The molecule has 0 aliphatic heterocycles. The minimum absolute atomic E-state index is 0.0391. The fraction of sp³-hybridized carbons (Fsp3) is 0.455. The molecule has 0 aliphatic carbocycles. The van der Waals surface area contributed by atoms with Gasteiger partial charge in [0, 0.05) is 10.7 Å². The van der Waals surface area contributed by atoms with E-state index in [1.165, 1.54) is 0 Å². The summed E-state index contributed by atoms with van der Waals surface area (Å²) >= 11 is 0. The van der Waals surface area contributed by atoms with Crippen molar-refractivity contribution in [2.75, 3.05) is 12.9 Å². The molecule has 3 nitrogen and oxygen atoms in total. The summed E-state index contributed by atoms with van der Waals surface area (Å²) < 4.78 is 26.9. The summed E-state index contributed by atoms with van der Waals surface area (Å²) in [6, 6.07) is 3.78. The largest absolute Gasteiger partial charge is 0.497 e. The molecule has 5 heteroatoms. The van der Waals surface area contributed by atoms with Crippen molar-refractivity contribution in [2.24, 2.45) is 0 Å². The molecule has 0 atom stereocenters. The van der Waals surface area contributed by atoms with Crippen LogP contribution in [0.2, 0.25) is 0 Å². The van der Waals surface area contributed by atoms with Gasteiger partial charge in [-0.3, -0.25) is 0 Å². The average Bonchev–Trinajstić information content (AvgIpc) is 2.14. The fourth-order valence-corrected chi connectivity index (χ4v) is 2.37. The quantitative estimate of drug-likeness (QED) is 0.783. The molecule has 0 aromatic heterocycles. The zero-order valence-corrected chi connectivity index (χ0v) is 11.2. The first kappa shape index (κ1) is 13.3. The third kappa shape index (κ3) is 3.68. The molecule has 0 amide bonds. The van der Waals surface area contributed by atoms with Gasteiger partial charge in [-0.2, -0.15) is 0 Å². The van der Waals surface area contributed by atoms with Crippen LogP contribution in [0.15, 0.2) is 12.1 Å². The minimum atomic E-state index is -3.43. The molecule has 0 saturated carbocycles. The van der Waals surface area contributed by atoms with Gasteiger partial charge in [0.15, 0.2) is 0 Å². The predicted octanol–water partition coefficient (Wildman–Crippen LogP) is 2.42. The molecule has 0 bridgehead atoms. The maximum atomic E-state index is 10.9. The van der Waals surface area contributed by atoms with Crippen molar-refractivity contribution >= 4 is 19.7 Å². The summed E-state index contributed by atoms with van der Waals surface area (Å²) in [6.07, 6.45) is 0.438. The normalized spacial score (nSPS) is 11.5. The van der Waals surface area contributed by atoms with Crippen LogP contribution in [0.4, 0.5) is 0 Å². The summed E-state index contributed by atoms with van der Waals surface area (Å²) in [5.74, 6) is 0.746. The fourth-order valence-electron chi connectivity index (χ4n) is 1.69. The molecule has 0 fully saturated rings. The van der Waals surface area contributed by atoms with E-state index >= 15 is 0 Å². The van der Waals surface area contributed by atoms with Crippen LogP contribution in [0, 0.1) is 13.8 Å². The maximum absolute atomic E-state index is 10.9. The van der Waals surface area contributed by atoms with Crippen molar-refractivity contribution in [3.63, 3.8) is 0 Å². The highest BCUT2D eigenvalue weighted by Crippen LogP contribution is 2.22. The molecule has 1 aromatic carbocycles. The lowest BCUT2D eigenvalue weighted by Crippen LogP contribution is -2.04. The van der Waals surface area contributed by atoms with E-state index in [-0.39, 0.29) is 5.75 Å². The second-order valence-electron chi connectivity index (χ2n) is 3.73. The van der Waals surface area contributed by atoms with Crippen molar-refractivity contribution in [1.29, 1.82) is 0 Å². The molecule has 1 rings (SSSR count).